The number of rotatable bonds is 7. The molecule has 0 fully saturated rings. The molecule has 0 saturated heterocycles. The molecule has 2 rings (SSSR count). The third kappa shape index (κ3) is 3.62. The van der Waals surface area contributed by atoms with Crippen molar-refractivity contribution in [2.45, 2.75) is 32.1 Å². The van der Waals surface area contributed by atoms with E-state index in [9.17, 15) is 9.59 Å². The molecule has 1 heterocycles. The van der Waals surface area contributed by atoms with Gasteiger partial charge in [0.1, 0.15) is 5.69 Å². The number of aryl methyl sites for hydroxylation is 1. The Morgan fingerprint density at radius 1 is 1.32 bits per heavy atom. The lowest BCUT2D eigenvalue weighted by Gasteiger charge is -2.06. The maximum Gasteiger partial charge on any atom is 0.355 e. The summed E-state index contributed by atoms with van der Waals surface area (Å²) in [5.41, 5.74) is 3.05. The van der Waals surface area contributed by atoms with Gasteiger partial charge in [0.25, 0.3) is 0 Å². The lowest BCUT2D eigenvalue weighted by atomic mass is 10.0. The van der Waals surface area contributed by atoms with Crippen LogP contribution < -0.4 is 0 Å². The first kappa shape index (κ1) is 16.8. The van der Waals surface area contributed by atoms with Gasteiger partial charge < -0.3 is 9.72 Å². The zero-order valence-corrected chi connectivity index (χ0v) is 13.8. The summed E-state index contributed by atoms with van der Waals surface area (Å²) in [5.74, 6) is -0.0507. The molecule has 0 amide bonds. The summed E-state index contributed by atoms with van der Waals surface area (Å²) in [4.78, 5) is 26.2. The Labute approximate surface area is 138 Å². The maximum absolute atomic E-state index is 12.2. The topological polar surface area (TPSA) is 59.2 Å². The van der Waals surface area contributed by atoms with Gasteiger partial charge in [-0.2, -0.15) is 0 Å². The molecule has 6 heteroatoms. The zero-order chi connectivity index (χ0) is 16.1. The van der Waals surface area contributed by atoms with Gasteiger partial charge in [-0.15, -0.1) is 11.6 Å². The standard InChI is InChI=1S/C16H17Cl2NO3/c1-2-22-16(21)15-11(6-4-8-13(18)20)14-10(9-17)5-3-7-12(14)19-15/h3,5,7,19H,2,4,6,8-9H2,1H3. The van der Waals surface area contributed by atoms with Gasteiger partial charge in [0.15, 0.2) is 0 Å². The van der Waals surface area contributed by atoms with Crippen LogP contribution in [0.3, 0.4) is 0 Å². The number of H-pyrrole nitrogens is 1. The van der Waals surface area contributed by atoms with Gasteiger partial charge in [0, 0.05) is 23.2 Å². The minimum atomic E-state index is -0.397. The van der Waals surface area contributed by atoms with Crippen LogP contribution in [0.15, 0.2) is 18.2 Å². The molecule has 0 aliphatic carbocycles. The number of carbonyl (C=O) groups excluding carboxylic acids is 2. The van der Waals surface area contributed by atoms with Crippen LogP contribution in [0.5, 0.6) is 0 Å². The maximum atomic E-state index is 12.2. The van der Waals surface area contributed by atoms with Crippen molar-refractivity contribution < 1.29 is 14.3 Å². The van der Waals surface area contributed by atoms with Crippen molar-refractivity contribution in [2.75, 3.05) is 6.61 Å². The number of hydrogen-bond donors (Lipinski definition) is 1. The largest absolute Gasteiger partial charge is 0.461 e. The Morgan fingerprint density at radius 3 is 2.73 bits per heavy atom. The molecule has 22 heavy (non-hydrogen) atoms. The zero-order valence-electron chi connectivity index (χ0n) is 12.2. The molecule has 0 aliphatic rings. The number of ether oxygens (including phenoxy) is 1. The second kappa shape index (κ2) is 7.65. The van der Waals surface area contributed by atoms with Crippen molar-refractivity contribution >= 4 is 45.3 Å². The molecule has 1 aromatic heterocycles. The fraction of sp³-hybridized carbons (Fsp3) is 0.375. The molecule has 0 atom stereocenters. The van der Waals surface area contributed by atoms with E-state index in [0.29, 0.717) is 31.0 Å². The van der Waals surface area contributed by atoms with E-state index in [1.807, 2.05) is 18.2 Å². The van der Waals surface area contributed by atoms with Crippen molar-refractivity contribution in [1.82, 2.24) is 4.98 Å². The van der Waals surface area contributed by atoms with Gasteiger partial charge >= 0.3 is 5.97 Å². The number of alkyl halides is 1. The van der Waals surface area contributed by atoms with Crippen LogP contribution in [0.1, 0.15) is 41.4 Å². The third-order valence-electron chi connectivity index (χ3n) is 3.44. The number of hydrogen-bond acceptors (Lipinski definition) is 3. The molecule has 0 bridgehead atoms. The molecule has 2 aromatic rings. The van der Waals surface area contributed by atoms with E-state index < -0.39 is 5.97 Å². The summed E-state index contributed by atoms with van der Waals surface area (Å²) in [7, 11) is 0. The van der Waals surface area contributed by atoms with Gasteiger partial charge in [-0.3, -0.25) is 4.79 Å². The lowest BCUT2D eigenvalue weighted by Crippen LogP contribution is -2.08. The number of nitrogens with one attached hydrogen (secondary N) is 1. The van der Waals surface area contributed by atoms with Crippen molar-refractivity contribution in [1.29, 1.82) is 0 Å². The molecule has 118 valence electrons. The first-order valence-electron chi connectivity index (χ1n) is 7.12. The van der Waals surface area contributed by atoms with Crippen LogP contribution in [-0.2, 0) is 21.8 Å². The summed E-state index contributed by atoms with van der Waals surface area (Å²) in [5, 5.41) is 0.553. The molecule has 0 radical (unpaired) electrons. The Balaban J connectivity index is 2.47. The highest BCUT2D eigenvalue weighted by Gasteiger charge is 2.20. The minimum absolute atomic E-state index is 0.263. The molecule has 0 spiro atoms. The number of esters is 1. The Bertz CT molecular complexity index is 694. The van der Waals surface area contributed by atoms with Gasteiger partial charge in [-0.1, -0.05) is 12.1 Å². The highest BCUT2D eigenvalue weighted by atomic mass is 35.5. The van der Waals surface area contributed by atoms with Crippen molar-refractivity contribution in [3.05, 3.63) is 35.0 Å². The van der Waals surface area contributed by atoms with Crippen LogP contribution in [0, 0.1) is 0 Å². The second-order valence-electron chi connectivity index (χ2n) is 4.88. The smallest absolute Gasteiger partial charge is 0.355 e. The van der Waals surface area contributed by atoms with E-state index >= 15 is 0 Å². The number of carbonyl (C=O) groups is 2. The average molecular weight is 342 g/mol. The fourth-order valence-corrected chi connectivity index (χ4v) is 2.90. The van der Waals surface area contributed by atoms with Gasteiger partial charge in [0.2, 0.25) is 5.24 Å². The lowest BCUT2D eigenvalue weighted by molar-refractivity contribution is -0.111. The molecular weight excluding hydrogens is 325 g/mol. The summed E-state index contributed by atoms with van der Waals surface area (Å²) in [6.07, 6.45) is 1.39. The number of halogens is 2. The molecule has 1 N–H and O–H groups in total. The van der Waals surface area contributed by atoms with E-state index in [-0.39, 0.29) is 11.7 Å². The third-order valence-corrected chi connectivity index (χ3v) is 3.91. The Morgan fingerprint density at radius 2 is 2.09 bits per heavy atom. The predicted molar refractivity (Wildman–Crippen MR) is 87.6 cm³/mol. The molecule has 1 aromatic carbocycles. The van der Waals surface area contributed by atoms with E-state index in [1.165, 1.54) is 0 Å². The van der Waals surface area contributed by atoms with Crippen LogP contribution in [0.4, 0.5) is 0 Å². The summed E-state index contributed by atoms with van der Waals surface area (Å²) >= 11 is 11.4. The number of fused-ring (bicyclic) bond motifs is 1. The van der Waals surface area contributed by atoms with E-state index in [0.717, 1.165) is 22.0 Å². The van der Waals surface area contributed by atoms with E-state index in [4.69, 9.17) is 27.9 Å². The molecule has 0 unspecified atom stereocenters. The molecule has 4 nitrogen and oxygen atoms in total. The summed E-state index contributed by atoms with van der Waals surface area (Å²) < 4.78 is 5.10. The Kier molecular flexibility index (Phi) is 5.86. The molecule has 0 saturated carbocycles. The highest BCUT2D eigenvalue weighted by Crippen LogP contribution is 2.29. The van der Waals surface area contributed by atoms with E-state index in [2.05, 4.69) is 4.98 Å². The average Bonchev–Trinajstić information content (AvgIpc) is 2.86. The first-order valence-corrected chi connectivity index (χ1v) is 8.03. The summed E-state index contributed by atoms with van der Waals surface area (Å²) in [6.45, 7) is 2.06. The highest BCUT2D eigenvalue weighted by molar-refractivity contribution is 6.63. The van der Waals surface area contributed by atoms with Crippen LogP contribution in [0.25, 0.3) is 10.9 Å². The minimum Gasteiger partial charge on any atom is -0.461 e. The van der Waals surface area contributed by atoms with Crippen LogP contribution >= 0.6 is 23.2 Å². The predicted octanol–water partition coefficient (Wildman–Crippen LogP) is 4.17. The number of aromatic nitrogens is 1. The Hall–Kier alpha value is -1.52. The summed E-state index contributed by atoms with van der Waals surface area (Å²) in [6, 6.07) is 5.70. The molecule has 0 aliphatic heterocycles. The fourth-order valence-electron chi connectivity index (χ4n) is 2.54. The monoisotopic (exact) mass is 341 g/mol. The van der Waals surface area contributed by atoms with Crippen molar-refractivity contribution in [3.8, 4) is 0 Å². The van der Waals surface area contributed by atoms with Gasteiger partial charge in [-0.25, -0.2) is 4.79 Å². The SMILES string of the molecule is CCOC(=O)c1[nH]c2cccc(CCl)c2c1CCCC(=O)Cl. The molecular formula is C16H17Cl2NO3. The quantitative estimate of drug-likeness (QED) is 0.467. The van der Waals surface area contributed by atoms with Gasteiger partial charge in [-0.05, 0) is 48.6 Å². The van der Waals surface area contributed by atoms with E-state index in [1.54, 1.807) is 6.92 Å². The second-order valence-corrected chi connectivity index (χ2v) is 5.57. The van der Waals surface area contributed by atoms with Crippen molar-refractivity contribution in [3.63, 3.8) is 0 Å². The van der Waals surface area contributed by atoms with Crippen molar-refractivity contribution in [2.24, 2.45) is 0 Å². The normalized spacial score (nSPS) is 10.9. The van der Waals surface area contributed by atoms with Crippen LogP contribution in [0.2, 0.25) is 0 Å². The van der Waals surface area contributed by atoms with Crippen LogP contribution in [-0.4, -0.2) is 22.8 Å². The first-order chi connectivity index (χ1) is 10.6. The van der Waals surface area contributed by atoms with Gasteiger partial charge in [0.05, 0.1) is 6.61 Å². The number of benzene rings is 1. The number of aromatic amines is 1.